The van der Waals surface area contributed by atoms with Crippen molar-refractivity contribution in [2.75, 3.05) is 5.75 Å². The lowest BCUT2D eigenvalue weighted by Crippen LogP contribution is -2.29. The lowest BCUT2D eigenvalue weighted by Gasteiger charge is -2.18. The average Bonchev–Trinajstić information content (AvgIpc) is 2.54. The number of nitrogens with zero attached hydrogens (tertiary/aromatic N) is 1. The van der Waals surface area contributed by atoms with Gasteiger partial charge in [0.05, 0.1) is 16.8 Å². The quantitative estimate of drug-likeness (QED) is 0.790. The van der Waals surface area contributed by atoms with Crippen molar-refractivity contribution >= 4 is 17.7 Å². The van der Waals surface area contributed by atoms with Crippen LogP contribution in [0.25, 0.3) is 0 Å². The number of carbonyl (C=O) groups is 1. The van der Waals surface area contributed by atoms with Crippen LogP contribution in [0.3, 0.4) is 0 Å². The van der Waals surface area contributed by atoms with Crippen molar-refractivity contribution in [3.63, 3.8) is 0 Å². The number of hydrogen-bond donors (Lipinski definition) is 1. The summed E-state index contributed by atoms with van der Waals surface area (Å²) in [5.74, 6) is 0.442. The Kier molecular flexibility index (Phi) is 6.28. The average molecular weight is 300 g/mol. The van der Waals surface area contributed by atoms with Crippen molar-refractivity contribution in [1.82, 2.24) is 10.3 Å². The second-order valence-electron chi connectivity index (χ2n) is 4.78. The molecule has 0 fully saturated rings. The molecule has 0 saturated carbocycles. The Balaban J connectivity index is 1.89. The molecule has 1 amide bonds. The van der Waals surface area contributed by atoms with E-state index in [1.807, 2.05) is 36.4 Å². The van der Waals surface area contributed by atoms with Gasteiger partial charge in [-0.1, -0.05) is 61.5 Å². The summed E-state index contributed by atoms with van der Waals surface area (Å²) in [5, 5.41) is 3.99. The van der Waals surface area contributed by atoms with Gasteiger partial charge in [-0.3, -0.25) is 4.79 Å². The van der Waals surface area contributed by atoms with Gasteiger partial charge < -0.3 is 5.32 Å². The molecule has 110 valence electrons. The maximum Gasteiger partial charge on any atom is 0.230 e. The molecule has 1 N–H and O–H groups in total. The number of nitrogens with one attached hydrogen (secondary N) is 1. The maximum atomic E-state index is 12.1. The van der Waals surface area contributed by atoms with Crippen molar-refractivity contribution in [2.24, 2.45) is 0 Å². The van der Waals surface area contributed by atoms with E-state index in [2.05, 4.69) is 29.4 Å². The zero-order valence-electron chi connectivity index (χ0n) is 12.2. The van der Waals surface area contributed by atoms with Crippen LogP contribution >= 0.6 is 11.8 Å². The number of benzene rings is 1. The summed E-state index contributed by atoms with van der Waals surface area (Å²) < 4.78 is 0. The van der Waals surface area contributed by atoms with Gasteiger partial charge >= 0.3 is 0 Å². The molecular formula is C17H20N2OS. The zero-order chi connectivity index (χ0) is 14.9. The Morgan fingerprint density at radius 3 is 2.62 bits per heavy atom. The normalized spacial score (nSPS) is 11.9. The Morgan fingerprint density at radius 1 is 1.19 bits per heavy atom. The summed E-state index contributed by atoms with van der Waals surface area (Å²) in [6.45, 7) is 2.13. The van der Waals surface area contributed by atoms with Gasteiger partial charge in [0.1, 0.15) is 0 Å². The Hall–Kier alpha value is -1.81. The highest BCUT2D eigenvalue weighted by Gasteiger charge is 2.13. The van der Waals surface area contributed by atoms with Gasteiger partial charge in [-0.2, -0.15) is 0 Å². The second kappa shape index (κ2) is 8.47. The first-order valence-corrected chi connectivity index (χ1v) is 8.16. The third-order valence-corrected chi connectivity index (χ3v) is 4.05. The fourth-order valence-corrected chi connectivity index (χ4v) is 2.78. The topological polar surface area (TPSA) is 42.0 Å². The molecule has 0 aliphatic rings. The summed E-state index contributed by atoms with van der Waals surface area (Å²) in [7, 11) is 0. The van der Waals surface area contributed by atoms with Gasteiger partial charge in [0.25, 0.3) is 0 Å². The Morgan fingerprint density at radius 2 is 1.95 bits per heavy atom. The Bertz CT molecular complexity index is 545. The van der Waals surface area contributed by atoms with E-state index in [1.165, 1.54) is 11.8 Å². The van der Waals surface area contributed by atoms with Gasteiger partial charge in [-0.15, -0.1) is 0 Å². The largest absolute Gasteiger partial charge is 0.349 e. The highest BCUT2D eigenvalue weighted by Crippen LogP contribution is 2.19. The molecule has 1 aromatic heterocycles. The van der Waals surface area contributed by atoms with E-state index in [4.69, 9.17) is 0 Å². The fraction of sp³-hybridized carbons (Fsp3) is 0.294. The summed E-state index contributed by atoms with van der Waals surface area (Å²) in [4.78, 5) is 16.3. The molecule has 0 saturated heterocycles. The molecule has 2 aromatic rings. The van der Waals surface area contributed by atoms with Crippen molar-refractivity contribution in [1.29, 1.82) is 0 Å². The number of amides is 1. The van der Waals surface area contributed by atoms with Crippen LogP contribution in [0.4, 0.5) is 0 Å². The van der Waals surface area contributed by atoms with Crippen molar-refractivity contribution in [3.8, 4) is 0 Å². The molecule has 1 unspecified atom stereocenters. The van der Waals surface area contributed by atoms with Crippen LogP contribution in [0.5, 0.6) is 0 Å². The molecule has 0 aliphatic heterocycles. The SMILES string of the molecule is CCCC(NC(=O)CSc1ccccn1)c1ccccc1. The third-order valence-electron chi connectivity index (χ3n) is 3.10. The van der Waals surface area contributed by atoms with Gasteiger partial charge in [0, 0.05) is 6.20 Å². The molecule has 1 atom stereocenters. The van der Waals surface area contributed by atoms with E-state index in [-0.39, 0.29) is 11.9 Å². The minimum atomic E-state index is 0.0490. The molecule has 0 bridgehead atoms. The summed E-state index contributed by atoms with van der Waals surface area (Å²) in [6.07, 6.45) is 3.72. The van der Waals surface area contributed by atoms with Crippen LogP contribution in [0, 0.1) is 0 Å². The predicted octanol–water partition coefficient (Wildman–Crippen LogP) is 3.83. The van der Waals surface area contributed by atoms with E-state index in [0.717, 1.165) is 23.4 Å². The van der Waals surface area contributed by atoms with Gasteiger partial charge in [0.15, 0.2) is 0 Å². The van der Waals surface area contributed by atoms with Crippen molar-refractivity contribution in [3.05, 3.63) is 60.3 Å². The molecule has 3 nitrogen and oxygen atoms in total. The molecule has 4 heteroatoms. The number of carbonyl (C=O) groups excluding carboxylic acids is 1. The molecular weight excluding hydrogens is 280 g/mol. The summed E-state index contributed by atoms with van der Waals surface area (Å²) >= 11 is 1.46. The molecule has 1 heterocycles. The molecule has 0 radical (unpaired) electrons. The molecule has 21 heavy (non-hydrogen) atoms. The van der Waals surface area contributed by atoms with E-state index in [1.54, 1.807) is 6.20 Å². The van der Waals surface area contributed by atoms with E-state index < -0.39 is 0 Å². The van der Waals surface area contributed by atoms with Crippen LogP contribution in [0.2, 0.25) is 0 Å². The second-order valence-corrected chi connectivity index (χ2v) is 5.77. The van der Waals surface area contributed by atoms with Gasteiger partial charge in [0.2, 0.25) is 5.91 Å². The van der Waals surface area contributed by atoms with Crippen LogP contribution in [-0.2, 0) is 4.79 Å². The first-order chi connectivity index (χ1) is 10.3. The molecule has 1 aromatic carbocycles. The number of rotatable bonds is 7. The molecule has 0 spiro atoms. The summed E-state index contributed by atoms with van der Waals surface area (Å²) in [6, 6.07) is 15.9. The molecule has 2 rings (SSSR count). The highest BCUT2D eigenvalue weighted by atomic mass is 32.2. The lowest BCUT2D eigenvalue weighted by atomic mass is 10.0. The third kappa shape index (κ3) is 5.23. The minimum Gasteiger partial charge on any atom is -0.349 e. The number of thioether (sulfide) groups is 1. The standard InChI is InChI=1S/C17H20N2OS/c1-2-8-15(14-9-4-3-5-10-14)19-16(20)13-21-17-11-6-7-12-18-17/h3-7,9-12,15H,2,8,13H2,1H3,(H,19,20). The van der Waals surface area contributed by atoms with Crippen LogP contribution in [0.1, 0.15) is 31.4 Å². The van der Waals surface area contributed by atoms with Crippen molar-refractivity contribution in [2.45, 2.75) is 30.8 Å². The van der Waals surface area contributed by atoms with Crippen molar-refractivity contribution < 1.29 is 4.79 Å². The lowest BCUT2D eigenvalue weighted by molar-refractivity contribution is -0.119. The zero-order valence-corrected chi connectivity index (χ0v) is 13.0. The smallest absolute Gasteiger partial charge is 0.230 e. The van der Waals surface area contributed by atoms with E-state index >= 15 is 0 Å². The van der Waals surface area contributed by atoms with Crippen LogP contribution in [0.15, 0.2) is 59.8 Å². The molecule has 0 aliphatic carbocycles. The van der Waals surface area contributed by atoms with E-state index in [0.29, 0.717) is 5.75 Å². The van der Waals surface area contributed by atoms with Gasteiger partial charge in [-0.05, 0) is 24.1 Å². The van der Waals surface area contributed by atoms with Crippen LogP contribution < -0.4 is 5.32 Å². The summed E-state index contributed by atoms with van der Waals surface area (Å²) in [5.41, 5.74) is 1.16. The first kappa shape index (κ1) is 15.6. The number of hydrogen-bond acceptors (Lipinski definition) is 3. The number of pyridine rings is 1. The van der Waals surface area contributed by atoms with E-state index in [9.17, 15) is 4.79 Å². The first-order valence-electron chi connectivity index (χ1n) is 7.17. The fourth-order valence-electron chi connectivity index (χ4n) is 2.10. The number of aromatic nitrogens is 1. The minimum absolute atomic E-state index is 0.0490. The van der Waals surface area contributed by atoms with Crippen LogP contribution in [-0.4, -0.2) is 16.6 Å². The monoisotopic (exact) mass is 300 g/mol. The maximum absolute atomic E-state index is 12.1. The predicted molar refractivity (Wildman–Crippen MR) is 87.2 cm³/mol. The van der Waals surface area contributed by atoms with Gasteiger partial charge in [-0.25, -0.2) is 4.98 Å². The highest BCUT2D eigenvalue weighted by molar-refractivity contribution is 7.99. The Labute approximate surface area is 130 Å².